The van der Waals surface area contributed by atoms with E-state index < -0.39 is 0 Å². The van der Waals surface area contributed by atoms with Gasteiger partial charge in [0.15, 0.2) is 5.01 Å². The molecule has 0 aliphatic carbocycles. The Morgan fingerprint density at radius 2 is 2.29 bits per heavy atom. The molecule has 0 amide bonds. The van der Waals surface area contributed by atoms with E-state index in [-0.39, 0.29) is 6.10 Å². The number of nitrogens with zero attached hydrogens (tertiary/aromatic N) is 3. The van der Waals surface area contributed by atoms with Crippen molar-refractivity contribution < 1.29 is 4.74 Å². The van der Waals surface area contributed by atoms with E-state index in [1.165, 1.54) is 11.3 Å². The Kier molecular flexibility index (Phi) is 4.00. The van der Waals surface area contributed by atoms with Crippen LogP contribution in [0.4, 0.5) is 5.13 Å². The van der Waals surface area contributed by atoms with Crippen molar-refractivity contribution in [2.45, 2.75) is 13.0 Å². The number of hydrogen-bond acceptors (Lipinski definition) is 6. The van der Waals surface area contributed by atoms with Crippen LogP contribution in [0.2, 0.25) is 0 Å². The first-order valence-electron chi connectivity index (χ1n) is 5.31. The summed E-state index contributed by atoms with van der Waals surface area (Å²) in [6.07, 6.45) is 1.90. The van der Waals surface area contributed by atoms with Gasteiger partial charge < -0.3 is 10.1 Å². The normalized spacial score (nSPS) is 12.4. The molecule has 0 fully saturated rings. The number of anilines is 1. The van der Waals surface area contributed by atoms with E-state index in [0.29, 0.717) is 6.54 Å². The van der Waals surface area contributed by atoms with E-state index >= 15 is 0 Å². The van der Waals surface area contributed by atoms with Crippen molar-refractivity contribution in [3.05, 3.63) is 24.4 Å². The second-order valence-corrected chi connectivity index (χ2v) is 4.53. The van der Waals surface area contributed by atoms with Gasteiger partial charge in [0.1, 0.15) is 5.69 Å². The fourth-order valence-corrected chi connectivity index (χ4v) is 1.93. The molecule has 0 bridgehead atoms. The summed E-state index contributed by atoms with van der Waals surface area (Å²) in [5.74, 6) is 0. The molecule has 0 radical (unpaired) electrons. The van der Waals surface area contributed by atoms with Gasteiger partial charge in [0, 0.05) is 19.9 Å². The number of pyridine rings is 1. The average molecular weight is 250 g/mol. The van der Waals surface area contributed by atoms with Gasteiger partial charge in [-0.2, -0.15) is 0 Å². The smallest absolute Gasteiger partial charge is 0.206 e. The highest BCUT2D eigenvalue weighted by Crippen LogP contribution is 2.24. The van der Waals surface area contributed by atoms with Crippen LogP contribution in [0.1, 0.15) is 6.92 Å². The second-order valence-electron chi connectivity index (χ2n) is 3.55. The van der Waals surface area contributed by atoms with Gasteiger partial charge in [0.2, 0.25) is 5.13 Å². The molecule has 2 heterocycles. The molecule has 1 N–H and O–H groups in total. The van der Waals surface area contributed by atoms with Crippen LogP contribution < -0.4 is 5.32 Å². The number of rotatable bonds is 5. The third-order valence-electron chi connectivity index (χ3n) is 2.25. The lowest BCUT2D eigenvalue weighted by atomic mass is 10.4. The molecule has 0 aromatic carbocycles. The lowest BCUT2D eigenvalue weighted by Gasteiger charge is -2.08. The minimum Gasteiger partial charge on any atom is -0.380 e. The zero-order chi connectivity index (χ0) is 12.1. The maximum atomic E-state index is 5.14. The Balaban J connectivity index is 2.01. The standard InChI is InChI=1S/C11H14N4OS/c1-8(16-2)7-13-11-15-14-10(17-11)9-5-3-4-6-12-9/h3-6,8H,7H2,1-2H3,(H,13,15). The van der Waals surface area contributed by atoms with E-state index in [4.69, 9.17) is 4.74 Å². The van der Waals surface area contributed by atoms with Crippen LogP contribution in [0.5, 0.6) is 0 Å². The molecule has 90 valence electrons. The lowest BCUT2D eigenvalue weighted by molar-refractivity contribution is 0.129. The fraction of sp³-hybridized carbons (Fsp3) is 0.364. The van der Waals surface area contributed by atoms with Crippen molar-refractivity contribution in [2.24, 2.45) is 0 Å². The Hall–Kier alpha value is -1.53. The second kappa shape index (κ2) is 5.70. The zero-order valence-corrected chi connectivity index (χ0v) is 10.6. The SMILES string of the molecule is COC(C)CNc1nnc(-c2ccccn2)s1. The number of aromatic nitrogens is 3. The van der Waals surface area contributed by atoms with Crippen LogP contribution in [0.15, 0.2) is 24.4 Å². The van der Waals surface area contributed by atoms with Gasteiger partial charge >= 0.3 is 0 Å². The molecule has 17 heavy (non-hydrogen) atoms. The van der Waals surface area contributed by atoms with Crippen LogP contribution in [0, 0.1) is 0 Å². The third-order valence-corrected chi connectivity index (χ3v) is 3.16. The predicted molar refractivity (Wildman–Crippen MR) is 68.1 cm³/mol. The monoisotopic (exact) mass is 250 g/mol. The minimum atomic E-state index is 0.150. The molecule has 0 aliphatic rings. The van der Waals surface area contributed by atoms with E-state index in [1.54, 1.807) is 13.3 Å². The molecule has 2 aromatic heterocycles. The van der Waals surface area contributed by atoms with E-state index in [1.807, 2.05) is 25.1 Å². The molecule has 2 rings (SSSR count). The molecule has 0 aliphatic heterocycles. The number of nitrogens with one attached hydrogen (secondary N) is 1. The zero-order valence-electron chi connectivity index (χ0n) is 9.75. The largest absolute Gasteiger partial charge is 0.380 e. The Labute approximate surface area is 104 Å². The molecule has 5 nitrogen and oxygen atoms in total. The van der Waals surface area contributed by atoms with Crippen LogP contribution in [0.3, 0.4) is 0 Å². The highest BCUT2D eigenvalue weighted by Gasteiger charge is 2.07. The summed E-state index contributed by atoms with van der Waals surface area (Å²) in [4.78, 5) is 4.23. The Morgan fingerprint density at radius 1 is 1.41 bits per heavy atom. The average Bonchev–Trinajstić information content (AvgIpc) is 2.86. The summed E-state index contributed by atoms with van der Waals surface area (Å²) in [5.41, 5.74) is 0.845. The molecule has 2 aromatic rings. The highest BCUT2D eigenvalue weighted by atomic mass is 32.1. The van der Waals surface area contributed by atoms with E-state index in [0.717, 1.165) is 15.8 Å². The molecule has 0 saturated carbocycles. The first-order valence-corrected chi connectivity index (χ1v) is 6.13. The van der Waals surface area contributed by atoms with Gasteiger partial charge in [-0.3, -0.25) is 4.98 Å². The Morgan fingerprint density at radius 3 is 3.00 bits per heavy atom. The summed E-state index contributed by atoms with van der Waals surface area (Å²) in [7, 11) is 1.69. The van der Waals surface area contributed by atoms with Gasteiger partial charge in [0.25, 0.3) is 0 Å². The first-order chi connectivity index (χ1) is 8.29. The van der Waals surface area contributed by atoms with Crippen molar-refractivity contribution in [3.8, 4) is 10.7 Å². The summed E-state index contributed by atoms with van der Waals surface area (Å²) in [6, 6.07) is 5.73. The quantitative estimate of drug-likeness (QED) is 0.880. The highest BCUT2D eigenvalue weighted by molar-refractivity contribution is 7.18. The molecular weight excluding hydrogens is 236 g/mol. The number of methoxy groups -OCH3 is 1. The van der Waals surface area contributed by atoms with Gasteiger partial charge in [-0.25, -0.2) is 0 Å². The van der Waals surface area contributed by atoms with Crippen molar-refractivity contribution >= 4 is 16.5 Å². The molecule has 1 unspecified atom stereocenters. The van der Waals surface area contributed by atoms with Crippen LogP contribution in [-0.2, 0) is 4.74 Å². The van der Waals surface area contributed by atoms with Gasteiger partial charge in [-0.15, -0.1) is 10.2 Å². The van der Waals surface area contributed by atoms with Crippen molar-refractivity contribution in [1.29, 1.82) is 0 Å². The van der Waals surface area contributed by atoms with Crippen molar-refractivity contribution in [2.75, 3.05) is 19.0 Å². The summed E-state index contributed by atoms with van der Waals surface area (Å²) >= 11 is 1.49. The lowest BCUT2D eigenvalue weighted by Crippen LogP contribution is -2.17. The van der Waals surface area contributed by atoms with Crippen LogP contribution in [-0.4, -0.2) is 34.9 Å². The molecule has 0 spiro atoms. The van der Waals surface area contributed by atoms with Gasteiger partial charge in [-0.1, -0.05) is 17.4 Å². The number of ether oxygens (including phenoxy) is 1. The topological polar surface area (TPSA) is 59.9 Å². The Bertz CT molecular complexity index is 460. The first kappa shape index (κ1) is 11.9. The maximum Gasteiger partial charge on any atom is 0.206 e. The molecule has 1 atom stereocenters. The van der Waals surface area contributed by atoms with Crippen molar-refractivity contribution in [3.63, 3.8) is 0 Å². The molecule has 0 saturated heterocycles. The summed E-state index contributed by atoms with van der Waals surface area (Å²) < 4.78 is 5.14. The minimum absolute atomic E-state index is 0.150. The van der Waals surface area contributed by atoms with E-state index in [9.17, 15) is 0 Å². The van der Waals surface area contributed by atoms with Gasteiger partial charge in [0.05, 0.1) is 6.10 Å². The molecular formula is C11H14N4OS. The third kappa shape index (κ3) is 3.21. The number of hydrogen-bond donors (Lipinski definition) is 1. The predicted octanol–water partition coefficient (Wildman–Crippen LogP) is 2.05. The fourth-order valence-electron chi connectivity index (χ4n) is 1.20. The summed E-state index contributed by atoms with van der Waals surface area (Å²) in [6.45, 7) is 2.71. The van der Waals surface area contributed by atoms with Crippen LogP contribution in [0.25, 0.3) is 10.7 Å². The summed E-state index contributed by atoms with van der Waals surface area (Å²) in [5, 5.41) is 12.9. The molecule has 6 heteroatoms. The van der Waals surface area contributed by atoms with Crippen molar-refractivity contribution in [1.82, 2.24) is 15.2 Å². The van der Waals surface area contributed by atoms with E-state index in [2.05, 4.69) is 20.5 Å². The van der Waals surface area contributed by atoms with Crippen LogP contribution >= 0.6 is 11.3 Å². The van der Waals surface area contributed by atoms with Gasteiger partial charge in [-0.05, 0) is 19.1 Å². The maximum absolute atomic E-state index is 5.14.